The first kappa shape index (κ1) is 14.6. The van der Waals surface area contributed by atoms with Crippen molar-refractivity contribution in [3.05, 3.63) is 34.3 Å². The molecule has 0 amide bonds. The molecule has 1 N–H and O–H groups in total. The standard InChI is InChI=1S/C17H25BrN2/c1-20-11-2-7-17(9-12-20)8-10-19-13-16(17)14-3-5-15(18)6-4-14/h3-6,16,19H,2,7-13H2,1H3. The van der Waals surface area contributed by atoms with Crippen LogP contribution in [0.2, 0.25) is 0 Å². The highest BCUT2D eigenvalue weighted by atomic mass is 79.9. The average Bonchev–Trinajstić information content (AvgIpc) is 2.64. The Balaban J connectivity index is 1.88. The molecule has 3 heteroatoms. The first-order chi connectivity index (χ1) is 9.70. The second-order valence-electron chi connectivity index (χ2n) is 6.58. The van der Waals surface area contributed by atoms with Crippen molar-refractivity contribution in [3.8, 4) is 0 Å². The zero-order chi connectivity index (χ0) is 14.0. The SMILES string of the molecule is CN1CCCC2(CCNCC2c2ccc(Br)cc2)CC1. The van der Waals surface area contributed by atoms with E-state index in [9.17, 15) is 0 Å². The van der Waals surface area contributed by atoms with Gasteiger partial charge in [-0.2, -0.15) is 0 Å². The van der Waals surface area contributed by atoms with Gasteiger partial charge in [-0.25, -0.2) is 0 Å². The molecule has 2 fully saturated rings. The molecule has 1 aromatic rings. The van der Waals surface area contributed by atoms with Gasteiger partial charge in [-0.1, -0.05) is 28.1 Å². The molecule has 2 aliphatic heterocycles. The quantitative estimate of drug-likeness (QED) is 0.842. The predicted octanol–water partition coefficient (Wildman–Crippen LogP) is 3.63. The molecule has 2 heterocycles. The monoisotopic (exact) mass is 336 g/mol. The van der Waals surface area contributed by atoms with Crippen molar-refractivity contribution in [1.82, 2.24) is 10.2 Å². The summed E-state index contributed by atoms with van der Waals surface area (Å²) < 4.78 is 1.18. The number of likely N-dealkylation sites (tertiary alicyclic amines) is 1. The van der Waals surface area contributed by atoms with Gasteiger partial charge < -0.3 is 10.2 Å². The number of hydrogen-bond acceptors (Lipinski definition) is 2. The van der Waals surface area contributed by atoms with Gasteiger partial charge in [0.05, 0.1) is 0 Å². The third kappa shape index (κ3) is 2.95. The van der Waals surface area contributed by atoms with E-state index in [1.54, 1.807) is 0 Å². The van der Waals surface area contributed by atoms with Gasteiger partial charge in [0.2, 0.25) is 0 Å². The van der Waals surface area contributed by atoms with Crippen LogP contribution in [0.25, 0.3) is 0 Å². The van der Waals surface area contributed by atoms with Crippen LogP contribution in [0.3, 0.4) is 0 Å². The first-order valence-corrected chi connectivity index (χ1v) is 8.64. The lowest BCUT2D eigenvalue weighted by Gasteiger charge is -2.45. The molecule has 0 saturated carbocycles. The fourth-order valence-corrected chi connectivity index (χ4v) is 4.36. The normalized spacial score (nSPS) is 32.2. The summed E-state index contributed by atoms with van der Waals surface area (Å²) in [5, 5.41) is 3.63. The summed E-state index contributed by atoms with van der Waals surface area (Å²) in [5.74, 6) is 0.677. The van der Waals surface area contributed by atoms with E-state index in [-0.39, 0.29) is 0 Å². The van der Waals surface area contributed by atoms with E-state index < -0.39 is 0 Å². The van der Waals surface area contributed by atoms with Crippen LogP contribution in [0.15, 0.2) is 28.7 Å². The molecular weight excluding hydrogens is 312 g/mol. The number of piperidine rings is 1. The van der Waals surface area contributed by atoms with E-state index in [0.29, 0.717) is 11.3 Å². The largest absolute Gasteiger partial charge is 0.316 e. The van der Waals surface area contributed by atoms with Crippen LogP contribution in [0.4, 0.5) is 0 Å². The number of rotatable bonds is 1. The Hall–Kier alpha value is -0.380. The summed E-state index contributed by atoms with van der Waals surface area (Å²) in [5.41, 5.74) is 2.04. The Morgan fingerprint density at radius 3 is 2.75 bits per heavy atom. The molecular formula is C17H25BrN2. The van der Waals surface area contributed by atoms with Gasteiger partial charge in [0.15, 0.2) is 0 Å². The second-order valence-corrected chi connectivity index (χ2v) is 7.49. The maximum absolute atomic E-state index is 3.63. The molecule has 0 aliphatic carbocycles. The lowest BCUT2D eigenvalue weighted by Crippen LogP contribution is -2.44. The summed E-state index contributed by atoms with van der Waals surface area (Å²) in [7, 11) is 2.27. The Bertz CT molecular complexity index is 445. The third-order valence-electron chi connectivity index (χ3n) is 5.37. The summed E-state index contributed by atoms with van der Waals surface area (Å²) in [6.07, 6.45) is 5.43. The molecule has 2 atom stereocenters. The molecule has 2 aliphatic rings. The van der Waals surface area contributed by atoms with E-state index in [2.05, 4.69) is 57.5 Å². The lowest BCUT2D eigenvalue weighted by molar-refractivity contribution is 0.137. The fourth-order valence-electron chi connectivity index (χ4n) is 4.09. The highest BCUT2D eigenvalue weighted by Gasteiger charge is 2.41. The van der Waals surface area contributed by atoms with Crippen molar-refractivity contribution >= 4 is 15.9 Å². The molecule has 110 valence electrons. The third-order valence-corrected chi connectivity index (χ3v) is 5.89. The van der Waals surface area contributed by atoms with Crippen LogP contribution < -0.4 is 5.32 Å². The van der Waals surface area contributed by atoms with Crippen LogP contribution >= 0.6 is 15.9 Å². The van der Waals surface area contributed by atoms with Crippen molar-refractivity contribution in [3.63, 3.8) is 0 Å². The van der Waals surface area contributed by atoms with Crippen LogP contribution in [0, 0.1) is 5.41 Å². The zero-order valence-electron chi connectivity index (χ0n) is 12.4. The highest BCUT2D eigenvalue weighted by Crippen LogP contribution is 2.48. The smallest absolute Gasteiger partial charge is 0.0175 e. The maximum atomic E-state index is 3.63. The molecule has 3 rings (SSSR count). The minimum absolute atomic E-state index is 0.518. The Labute approximate surface area is 131 Å². The number of hydrogen-bond donors (Lipinski definition) is 1. The van der Waals surface area contributed by atoms with E-state index >= 15 is 0 Å². The fraction of sp³-hybridized carbons (Fsp3) is 0.647. The average molecular weight is 337 g/mol. The molecule has 2 saturated heterocycles. The minimum Gasteiger partial charge on any atom is -0.316 e. The van der Waals surface area contributed by atoms with E-state index in [1.807, 2.05) is 0 Å². The maximum Gasteiger partial charge on any atom is 0.0175 e. The van der Waals surface area contributed by atoms with Gasteiger partial charge in [0.1, 0.15) is 0 Å². The predicted molar refractivity (Wildman–Crippen MR) is 88.2 cm³/mol. The second kappa shape index (κ2) is 6.17. The number of benzene rings is 1. The van der Waals surface area contributed by atoms with Crippen molar-refractivity contribution in [1.29, 1.82) is 0 Å². The van der Waals surface area contributed by atoms with E-state index in [1.165, 1.54) is 55.4 Å². The molecule has 2 unspecified atom stereocenters. The van der Waals surface area contributed by atoms with Crippen LogP contribution in [-0.4, -0.2) is 38.1 Å². The van der Waals surface area contributed by atoms with Gasteiger partial charge in [-0.3, -0.25) is 0 Å². The Morgan fingerprint density at radius 1 is 1.15 bits per heavy atom. The Kier molecular flexibility index (Phi) is 4.49. The van der Waals surface area contributed by atoms with Gasteiger partial charge in [0.25, 0.3) is 0 Å². The van der Waals surface area contributed by atoms with Gasteiger partial charge >= 0.3 is 0 Å². The van der Waals surface area contributed by atoms with E-state index in [4.69, 9.17) is 0 Å². The Morgan fingerprint density at radius 2 is 1.95 bits per heavy atom. The van der Waals surface area contributed by atoms with Crippen LogP contribution in [0.5, 0.6) is 0 Å². The van der Waals surface area contributed by atoms with Crippen molar-refractivity contribution in [2.45, 2.75) is 31.6 Å². The van der Waals surface area contributed by atoms with Crippen molar-refractivity contribution in [2.75, 3.05) is 33.2 Å². The number of nitrogens with one attached hydrogen (secondary N) is 1. The minimum atomic E-state index is 0.518. The van der Waals surface area contributed by atoms with E-state index in [0.717, 1.165) is 6.54 Å². The summed E-state index contributed by atoms with van der Waals surface area (Å²) >= 11 is 3.56. The van der Waals surface area contributed by atoms with Gasteiger partial charge in [-0.15, -0.1) is 0 Å². The zero-order valence-corrected chi connectivity index (χ0v) is 14.0. The lowest BCUT2D eigenvalue weighted by atomic mass is 9.64. The molecule has 2 nitrogen and oxygen atoms in total. The summed E-state index contributed by atoms with van der Waals surface area (Å²) in [6, 6.07) is 9.02. The van der Waals surface area contributed by atoms with Crippen molar-refractivity contribution < 1.29 is 0 Å². The van der Waals surface area contributed by atoms with Crippen molar-refractivity contribution in [2.24, 2.45) is 5.41 Å². The van der Waals surface area contributed by atoms with Crippen LogP contribution in [-0.2, 0) is 0 Å². The molecule has 1 aromatic carbocycles. The molecule has 0 aromatic heterocycles. The highest BCUT2D eigenvalue weighted by molar-refractivity contribution is 9.10. The van der Waals surface area contributed by atoms with Gasteiger partial charge in [0, 0.05) is 16.9 Å². The summed E-state index contributed by atoms with van der Waals surface area (Å²) in [6.45, 7) is 4.86. The summed E-state index contributed by atoms with van der Waals surface area (Å²) in [4.78, 5) is 2.51. The molecule has 0 bridgehead atoms. The van der Waals surface area contributed by atoms with Crippen LogP contribution in [0.1, 0.15) is 37.2 Å². The molecule has 0 radical (unpaired) electrons. The van der Waals surface area contributed by atoms with Gasteiger partial charge in [-0.05, 0) is 75.5 Å². The molecule has 1 spiro atoms. The number of halogens is 1. The number of nitrogens with zero attached hydrogens (tertiary/aromatic N) is 1. The molecule has 20 heavy (non-hydrogen) atoms. The first-order valence-electron chi connectivity index (χ1n) is 7.84. The topological polar surface area (TPSA) is 15.3 Å².